The molecule has 2 aromatic carbocycles. The van der Waals surface area contributed by atoms with Gasteiger partial charge in [-0.05, 0) is 55.3 Å². The maximum absolute atomic E-state index is 13.9. The van der Waals surface area contributed by atoms with E-state index in [9.17, 15) is 22.8 Å². The van der Waals surface area contributed by atoms with Crippen LogP contribution in [0.2, 0.25) is 0 Å². The minimum Gasteiger partial charge on any atom is -0.454 e. The summed E-state index contributed by atoms with van der Waals surface area (Å²) in [4.78, 5) is 25.9. The smallest absolute Gasteiger partial charge is 0.282 e. The Bertz CT molecular complexity index is 1360. The Labute approximate surface area is 209 Å². The second-order valence-corrected chi connectivity index (χ2v) is 8.40. The van der Waals surface area contributed by atoms with Gasteiger partial charge in [0.15, 0.2) is 17.4 Å². The number of aromatic nitrogens is 2. The number of ether oxygens (including phenoxy) is 1. The van der Waals surface area contributed by atoms with Crippen molar-refractivity contribution >= 4 is 17.6 Å². The van der Waals surface area contributed by atoms with Crippen LogP contribution in [-0.2, 0) is 4.79 Å². The van der Waals surface area contributed by atoms with Crippen LogP contribution in [0, 0.1) is 11.6 Å². The summed E-state index contributed by atoms with van der Waals surface area (Å²) in [6.45, 7) is -0.200. The van der Waals surface area contributed by atoms with Gasteiger partial charge < -0.3 is 26.2 Å². The van der Waals surface area contributed by atoms with Crippen molar-refractivity contribution in [1.82, 2.24) is 14.7 Å². The quantitative estimate of drug-likeness (QED) is 0.413. The van der Waals surface area contributed by atoms with Crippen molar-refractivity contribution in [3.8, 4) is 22.8 Å². The third-order valence-electron chi connectivity index (χ3n) is 5.95. The third kappa shape index (κ3) is 5.43. The first kappa shape index (κ1) is 25.8. The van der Waals surface area contributed by atoms with Crippen molar-refractivity contribution in [2.75, 3.05) is 25.4 Å². The highest BCUT2D eigenvalue weighted by Crippen LogP contribution is 2.34. The minimum absolute atomic E-state index is 0.00174. The van der Waals surface area contributed by atoms with Gasteiger partial charge in [0.25, 0.3) is 11.8 Å². The van der Waals surface area contributed by atoms with E-state index in [2.05, 4.69) is 5.10 Å². The highest BCUT2D eigenvalue weighted by molar-refractivity contribution is 6.03. The van der Waals surface area contributed by atoms with Crippen molar-refractivity contribution in [3.63, 3.8) is 0 Å². The van der Waals surface area contributed by atoms with Crippen LogP contribution in [0.3, 0.4) is 0 Å². The molecule has 1 fully saturated rings. The summed E-state index contributed by atoms with van der Waals surface area (Å²) in [5, 5.41) is 13.4. The normalized spacial score (nSPS) is 16.1. The molecule has 0 saturated carbocycles. The van der Waals surface area contributed by atoms with E-state index in [1.54, 1.807) is 12.1 Å². The van der Waals surface area contributed by atoms with Crippen molar-refractivity contribution in [1.29, 1.82) is 0 Å². The second-order valence-electron chi connectivity index (χ2n) is 8.40. The maximum atomic E-state index is 13.9. The molecule has 1 saturated heterocycles. The summed E-state index contributed by atoms with van der Waals surface area (Å²) < 4.78 is 47.8. The van der Waals surface area contributed by atoms with Gasteiger partial charge in [-0.2, -0.15) is 5.10 Å². The molecule has 2 amide bonds. The van der Waals surface area contributed by atoms with Gasteiger partial charge in [-0.25, -0.2) is 17.9 Å². The number of nitrogens with two attached hydrogens (primary N) is 2. The number of aliphatic hydroxyl groups is 1. The predicted molar refractivity (Wildman–Crippen MR) is 128 cm³/mol. The summed E-state index contributed by atoms with van der Waals surface area (Å²) in [5.74, 6) is -4.23. The minimum atomic E-state index is -1.06. The van der Waals surface area contributed by atoms with Gasteiger partial charge in [0.05, 0.1) is 12.6 Å². The number of amides is 2. The maximum Gasteiger partial charge on any atom is 0.282 e. The Balaban J connectivity index is 1.60. The van der Waals surface area contributed by atoms with Gasteiger partial charge in [-0.1, -0.05) is 0 Å². The number of hydrogen-bond donors (Lipinski definition) is 3. The molecule has 4 rings (SSSR count). The fraction of sp³-hybridized carbons (Fsp3) is 0.240. The molecule has 1 atom stereocenters. The summed E-state index contributed by atoms with van der Waals surface area (Å²) in [6.07, 6.45) is 1.89. The number of rotatable bonds is 7. The van der Waals surface area contributed by atoms with Crippen LogP contribution < -0.4 is 16.2 Å². The van der Waals surface area contributed by atoms with E-state index in [0.29, 0.717) is 31.0 Å². The van der Waals surface area contributed by atoms with E-state index in [1.165, 1.54) is 21.7 Å². The van der Waals surface area contributed by atoms with Gasteiger partial charge in [0.1, 0.15) is 28.6 Å². The third-order valence-corrected chi connectivity index (χ3v) is 5.95. The van der Waals surface area contributed by atoms with E-state index in [4.69, 9.17) is 21.3 Å². The average Bonchev–Trinajstić information content (AvgIpc) is 3.23. The van der Waals surface area contributed by atoms with Crippen LogP contribution in [0.15, 0.2) is 54.4 Å². The molecular formula is C25H24F3N5O4. The van der Waals surface area contributed by atoms with Crippen LogP contribution in [0.4, 0.5) is 19.0 Å². The molecule has 1 aliphatic rings. The lowest BCUT2D eigenvalue weighted by Crippen LogP contribution is -2.41. The van der Waals surface area contributed by atoms with Crippen LogP contribution in [0.25, 0.3) is 11.3 Å². The number of anilines is 1. The van der Waals surface area contributed by atoms with Crippen LogP contribution >= 0.6 is 0 Å². The number of piperidine rings is 1. The Morgan fingerprint density at radius 1 is 1.19 bits per heavy atom. The highest BCUT2D eigenvalue weighted by Gasteiger charge is 2.31. The molecule has 5 N–H and O–H groups in total. The number of carbonyl (C=O) groups excluding carboxylic acids is 2. The number of halogens is 3. The lowest BCUT2D eigenvalue weighted by Gasteiger charge is -2.32. The largest absolute Gasteiger partial charge is 0.454 e. The van der Waals surface area contributed by atoms with Gasteiger partial charge in [0, 0.05) is 24.7 Å². The van der Waals surface area contributed by atoms with Crippen molar-refractivity contribution in [2.45, 2.75) is 18.9 Å². The lowest BCUT2D eigenvalue weighted by atomic mass is 10.0. The Hall–Kier alpha value is -4.32. The van der Waals surface area contributed by atoms with Gasteiger partial charge in [-0.15, -0.1) is 0 Å². The van der Waals surface area contributed by atoms with E-state index >= 15 is 0 Å². The van der Waals surface area contributed by atoms with Crippen molar-refractivity contribution < 1.29 is 32.6 Å². The average molecular weight is 515 g/mol. The first-order chi connectivity index (χ1) is 17.7. The first-order valence-corrected chi connectivity index (χ1v) is 11.4. The van der Waals surface area contributed by atoms with Crippen LogP contribution in [-0.4, -0.2) is 51.3 Å². The molecule has 0 bridgehead atoms. The zero-order valence-electron chi connectivity index (χ0n) is 19.5. The molecule has 0 aliphatic carbocycles. The molecule has 194 valence electrons. The number of nitrogen functional groups attached to an aromatic ring is 1. The van der Waals surface area contributed by atoms with E-state index < -0.39 is 41.9 Å². The van der Waals surface area contributed by atoms with Crippen LogP contribution in [0.1, 0.15) is 29.2 Å². The summed E-state index contributed by atoms with van der Waals surface area (Å²) in [5.41, 5.74) is 12.5. The number of hydrogen-bond acceptors (Lipinski definition) is 6. The summed E-state index contributed by atoms with van der Waals surface area (Å²) in [6, 6.07) is 8.65. The highest BCUT2D eigenvalue weighted by atomic mass is 19.1. The fourth-order valence-corrected chi connectivity index (χ4v) is 4.19. The zero-order chi connectivity index (χ0) is 26.7. The molecule has 9 nitrogen and oxygen atoms in total. The predicted octanol–water partition coefficient (Wildman–Crippen LogP) is 3.31. The van der Waals surface area contributed by atoms with Crippen molar-refractivity contribution in [3.05, 3.63) is 71.6 Å². The molecule has 0 radical (unpaired) electrons. The molecule has 1 aromatic heterocycles. The number of nitrogens with zero attached hydrogens (tertiary/aromatic N) is 3. The number of carbonyl (C=O) groups is 2. The molecular weight excluding hydrogens is 491 g/mol. The lowest BCUT2D eigenvalue weighted by molar-refractivity contribution is -0.130. The molecule has 2 heterocycles. The van der Waals surface area contributed by atoms with E-state index in [1.807, 2.05) is 0 Å². The van der Waals surface area contributed by atoms with Crippen LogP contribution in [0.5, 0.6) is 11.5 Å². The summed E-state index contributed by atoms with van der Waals surface area (Å²) >= 11 is 0. The zero-order valence-corrected chi connectivity index (χ0v) is 19.5. The topological polar surface area (TPSA) is 137 Å². The van der Waals surface area contributed by atoms with Crippen molar-refractivity contribution in [2.24, 2.45) is 5.73 Å². The Morgan fingerprint density at radius 2 is 1.92 bits per heavy atom. The van der Waals surface area contributed by atoms with E-state index in [0.717, 1.165) is 18.2 Å². The number of benzene rings is 2. The molecule has 37 heavy (non-hydrogen) atoms. The molecule has 3 aromatic rings. The second kappa shape index (κ2) is 10.7. The number of aliphatic hydroxyl groups excluding tert-OH is 1. The summed E-state index contributed by atoms with van der Waals surface area (Å²) in [7, 11) is 0. The Kier molecular flexibility index (Phi) is 7.48. The van der Waals surface area contributed by atoms with Gasteiger partial charge in [0.2, 0.25) is 0 Å². The molecule has 0 spiro atoms. The molecule has 0 unspecified atom stereocenters. The Morgan fingerprint density at radius 3 is 2.57 bits per heavy atom. The van der Waals surface area contributed by atoms with Gasteiger partial charge in [-0.3, -0.25) is 9.59 Å². The number of primary amides is 1. The first-order valence-electron chi connectivity index (χ1n) is 11.4. The SMILES string of the molecule is NC(=O)c1c(-c2ccc(Oc3ccc(F)cc3F)cc2)nn([C@@H]2CCCN(C(=O)C(F)=CCO)C2)c1N. The van der Waals surface area contributed by atoms with E-state index in [-0.39, 0.29) is 35.1 Å². The fourth-order valence-electron chi connectivity index (χ4n) is 4.19. The standard InChI is InChI=1S/C25H24F3N5O4/c26-15-5-8-20(19(28)12-15)37-17-6-3-14(4-7-17)22-21(24(30)35)23(29)33(31-22)16-2-1-10-32(13-16)25(36)18(27)9-11-34/h3-9,12,16,34H,1-2,10-11,13,29H2,(H2,30,35)/t16-/m1/s1. The number of likely N-dealkylation sites (tertiary alicyclic amines) is 1. The molecule has 12 heteroatoms. The molecule has 1 aliphatic heterocycles. The monoisotopic (exact) mass is 515 g/mol. The van der Waals surface area contributed by atoms with Gasteiger partial charge >= 0.3 is 0 Å².